The number of amides is 2. The van der Waals surface area contributed by atoms with Gasteiger partial charge in [0.25, 0.3) is 0 Å². The lowest BCUT2D eigenvalue weighted by atomic mass is 9.81. The first kappa shape index (κ1) is 29.6. The third-order valence-corrected chi connectivity index (χ3v) is 7.02. The van der Waals surface area contributed by atoms with Gasteiger partial charge in [-0.05, 0) is 54.4 Å². The molecule has 0 saturated carbocycles. The zero-order chi connectivity index (χ0) is 28.6. The Morgan fingerprint density at radius 2 is 1.66 bits per heavy atom. The Labute approximate surface area is 224 Å². The van der Waals surface area contributed by atoms with E-state index in [1.807, 2.05) is 27.7 Å². The van der Waals surface area contributed by atoms with Crippen molar-refractivity contribution in [1.82, 2.24) is 20.2 Å². The van der Waals surface area contributed by atoms with Crippen molar-refractivity contribution >= 4 is 36.5 Å². The SMILES string of the molecule is CC(C)C(NC(=O)OC(C)(C)C)C(=O)N1CCN(c2ncc(B3OC(C)(C)C(C)(C)O3)cn2)C(C(=O)O)C1. The molecular formula is C25H40BN5O7. The van der Waals surface area contributed by atoms with E-state index in [0.717, 1.165) is 0 Å². The predicted molar refractivity (Wildman–Crippen MR) is 141 cm³/mol. The quantitative estimate of drug-likeness (QED) is 0.516. The van der Waals surface area contributed by atoms with Crippen molar-refractivity contribution in [3.8, 4) is 0 Å². The molecule has 2 saturated heterocycles. The number of alkyl carbamates (subject to hydrolysis) is 1. The summed E-state index contributed by atoms with van der Waals surface area (Å²) in [5.74, 6) is -1.48. The number of nitrogens with one attached hydrogen (secondary N) is 1. The molecule has 2 fully saturated rings. The molecule has 2 aliphatic rings. The monoisotopic (exact) mass is 533 g/mol. The first-order valence-corrected chi connectivity index (χ1v) is 12.9. The minimum absolute atomic E-state index is 0.0876. The zero-order valence-electron chi connectivity index (χ0n) is 23.8. The molecule has 2 aliphatic heterocycles. The number of hydrogen-bond acceptors (Lipinski definition) is 9. The molecule has 0 aliphatic carbocycles. The van der Waals surface area contributed by atoms with Gasteiger partial charge >= 0.3 is 19.2 Å². The summed E-state index contributed by atoms with van der Waals surface area (Å²) < 4.78 is 17.4. The number of piperazine rings is 1. The summed E-state index contributed by atoms with van der Waals surface area (Å²) in [7, 11) is -0.635. The minimum Gasteiger partial charge on any atom is -0.480 e. The van der Waals surface area contributed by atoms with E-state index in [9.17, 15) is 19.5 Å². The Kier molecular flexibility index (Phi) is 8.33. The molecule has 0 spiro atoms. The van der Waals surface area contributed by atoms with Gasteiger partial charge in [-0.25, -0.2) is 19.6 Å². The number of carbonyl (C=O) groups is 3. The summed E-state index contributed by atoms with van der Waals surface area (Å²) in [5.41, 5.74) is -1.12. The highest BCUT2D eigenvalue weighted by molar-refractivity contribution is 6.61. The number of nitrogens with zero attached hydrogens (tertiary/aromatic N) is 4. The van der Waals surface area contributed by atoms with Crippen LogP contribution in [0.25, 0.3) is 0 Å². The van der Waals surface area contributed by atoms with Gasteiger partial charge in [0, 0.05) is 30.9 Å². The maximum Gasteiger partial charge on any atom is 0.498 e. The van der Waals surface area contributed by atoms with E-state index < -0.39 is 48.1 Å². The van der Waals surface area contributed by atoms with Crippen LogP contribution in [-0.4, -0.2) is 93.6 Å². The van der Waals surface area contributed by atoms with Crippen molar-refractivity contribution in [3.05, 3.63) is 12.4 Å². The fraction of sp³-hybridized carbons (Fsp3) is 0.720. The second kappa shape index (κ2) is 10.7. The molecule has 1 aromatic rings. The second-order valence-electron chi connectivity index (χ2n) is 12.1. The number of ether oxygens (including phenoxy) is 1. The highest BCUT2D eigenvalue weighted by Gasteiger charge is 2.52. The Balaban J connectivity index is 1.71. The van der Waals surface area contributed by atoms with Crippen molar-refractivity contribution in [1.29, 1.82) is 0 Å². The average Bonchev–Trinajstić information content (AvgIpc) is 3.02. The molecule has 13 heteroatoms. The number of rotatable bonds is 6. The molecule has 210 valence electrons. The summed E-state index contributed by atoms with van der Waals surface area (Å²) in [6.45, 7) is 17.0. The first-order valence-electron chi connectivity index (χ1n) is 12.9. The van der Waals surface area contributed by atoms with Crippen LogP contribution >= 0.6 is 0 Å². The summed E-state index contributed by atoms with van der Waals surface area (Å²) in [4.78, 5) is 49.7. The molecule has 3 rings (SSSR count). The Morgan fingerprint density at radius 3 is 2.13 bits per heavy atom. The van der Waals surface area contributed by atoms with E-state index in [0.29, 0.717) is 5.46 Å². The summed E-state index contributed by atoms with van der Waals surface area (Å²) in [6.07, 6.45) is 2.44. The van der Waals surface area contributed by atoms with Crippen LogP contribution in [0, 0.1) is 5.92 Å². The normalized spacial score (nSPS) is 21.8. The van der Waals surface area contributed by atoms with Crippen LogP contribution in [0.3, 0.4) is 0 Å². The summed E-state index contributed by atoms with van der Waals surface area (Å²) in [6, 6.07) is -1.92. The topological polar surface area (TPSA) is 143 Å². The lowest BCUT2D eigenvalue weighted by molar-refractivity contribution is -0.142. The lowest BCUT2D eigenvalue weighted by Gasteiger charge is -2.41. The fourth-order valence-corrected chi connectivity index (χ4v) is 4.16. The molecule has 0 bridgehead atoms. The summed E-state index contributed by atoms with van der Waals surface area (Å²) >= 11 is 0. The largest absolute Gasteiger partial charge is 0.498 e. The molecule has 2 unspecified atom stereocenters. The van der Waals surface area contributed by atoms with Crippen LogP contribution in [-0.2, 0) is 23.6 Å². The van der Waals surface area contributed by atoms with E-state index >= 15 is 0 Å². The molecular weight excluding hydrogens is 493 g/mol. The Hall–Kier alpha value is -2.93. The van der Waals surface area contributed by atoms with Crippen LogP contribution in [0.4, 0.5) is 10.7 Å². The maximum absolute atomic E-state index is 13.3. The van der Waals surface area contributed by atoms with Crippen LogP contribution in [0.1, 0.15) is 62.3 Å². The van der Waals surface area contributed by atoms with Crippen molar-refractivity contribution in [2.45, 2.75) is 91.2 Å². The van der Waals surface area contributed by atoms with Gasteiger partial charge in [0.15, 0.2) is 0 Å². The number of carbonyl (C=O) groups excluding carboxylic acids is 2. The molecule has 2 N–H and O–H groups in total. The molecule has 0 aromatic carbocycles. The minimum atomic E-state index is -1.11. The predicted octanol–water partition coefficient (Wildman–Crippen LogP) is 1.43. The molecule has 3 heterocycles. The van der Waals surface area contributed by atoms with Gasteiger partial charge in [-0.2, -0.15) is 0 Å². The van der Waals surface area contributed by atoms with Crippen molar-refractivity contribution in [2.24, 2.45) is 5.92 Å². The molecule has 0 radical (unpaired) electrons. The van der Waals surface area contributed by atoms with Gasteiger partial charge in [-0.3, -0.25) is 4.79 Å². The van der Waals surface area contributed by atoms with Gasteiger partial charge in [0.2, 0.25) is 11.9 Å². The van der Waals surface area contributed by atoms with E-state index in [1.54, 1.807) is 51.9 Å². The first-order chi connectivity index (χ1) is 17.4. The van der Waals surface area contributed by atoms with E-state index in [4.69, 9.17) is 14.0 Å². The van der Waals surface area contributed by atoms with E-state index in [-0.39, 0.29) is 37.4 Å². The van der Waals surface area contributed by atoms with E-state index in [2.05, 4.69) is 15.3 Å². The second-order valence-corrected chi connectivity index (χ2v) is 12.1. The fourth-order valence-electron chi connectivity index (χ4n) is 4.16. The van der Waals surface area contributed by atoms with Gasteiger partial charge in [0.05, 0.1) is 17.7 Å². The standard InChI is InChI=1S/C25H40BN5O7/c1-15(2)18(29-22(35)36-23(3,4)5)19(32)30-10-11-31(17(14-30)20(33)34)21-27-12-16(13-28-21)26-37-24(6,7)25(8,9)38-26/h12-13,15,17-18H,10-11,14H2,1-9H3,(H,29,35)(H,33,34). The number of aliphatic carboxylic acids is 1. The summed E-state index contributed by atoms with van der Waals surface area (Å²) in [5, 5.41) is 12.6. The van der Waals surface area contributed by atoms with Gasteiger partial charge in [0.1, 0.15) is 17.7 Å². The average molecular weight is 533 g/mol. The highest BCUT2D eigenvalue weighted by atomic mass is 16.7. The maximum atomic E-state index is 13.3. The van der Waals surface area contributed by atoms with E-state index in [1.165, 1.54) is 4.90 Å². The molecule has 2 amide bonds. The highest BCUT2D eigenvalue weighted by Crippen LogP contribution is 2.36. The van der Waals surface area contributed by atoms with Crippen LogP contribution in [0.5, 0.6) is 0 Å². The Bertz CT molecular complexity index is 1030. The van der Waals surface area contributed by atoms with Gasteiger partial charge in [-0.15, -0.1) is 0 Å². The van der Waals surface area contributed by atoms with Crippen molar-refractivity contribution in [2.75, 3.05) is 24.5 Å². The van der Waals surface area contributed by atoms with Gasteiger partial charge in [-0.1, -0.05) is 13.8 Å². The number of anilines is 1. The number of aromatic nitrogens is 2. The molecule has 12 nitrogen and oxygen atoms in total. The smallest absolute Gasteiger partial charge is 0.480 e. The third kappa shape index (κ3) is 6.55. The van der Waals surface area contributed by atoms with Crippen molar-refractivity contribution < 1.29 is 33.5 Å². The van der Waals surface area contributed by atoms with Crippen LogP contribution in [0.15, 0.2) is 12.4 Å². The zero-order valence-corrected chi connectivity index (χ0v) is 23.8. The van der Waals surface area contributed by atoms with Gasteiger partial charge < -0.3 is 34.3 Å². The third-order valence-electron chi connectivity index (χ3n) is 7.02. The number of hydrogen-bond donors (Lipinski definition) is 2. The van der Waals surface area contributed by atoms with Crippen LogP contribution < -0.4 is 15.7 Å². The molecule has 1 aromatic heterocycles. The molecule has 38 heavy (non-hydrogen) atoms. The number of carboxylic acid groups (broad SMARTS) is 1. The lowest BCUT2D eigenvalue weighted by Crippen LogP contribution is -2.62. The number of carboxylic acids is 1. The molecule has 2 atom stereocenters. The van der Waals surface area contributed by atoms with Crippen molar-refractivity contribution in [3.63, 3.8) is 0 Å². The van der Waals surface area contributed by atoms with Crippen LogP contribution in [0.2, 0.25) is 0 Å². The Morgan fingerprint density at radius 1 is 1.11 bits per heavy atom.